The van der Waals surface area contributed by atoms with Gasteiger partial charge in [-0.25, -0.2) is 4.98 Å². The smallest absolute Gasteiger partial charge is 0.134 e. The van der Waals surface area contributed by atoms with Gasteiger partial charge >= 0.3 is 0 Å². The van der Waals surface area contributed by atoms with Gasteiger partial charge in [0.2, 0.25) is 0 Å². The van der Waals surface area contributed by atoms with E-state index in [4.69, 9.17) is 0 Å². The van der Waals surface area contributed by atoms with Crippen molar-refractivity contribution < 1.29 is 5.11 Å². The van der Waals surface area contributed by atoms with Crippen LogP contribution in [0.15, 0.2) is 16.7 Å². The first-order valence-electron chi connectivity index (χ1n) is 6.69. The van der Waals surface area contributed by atoms with Crippen molar-refractivity contribution in [3.05, 3.63) is 22.3 Å². The molecule has 0 bridgehead atoms. The number of aliphatic hydroxyl groups excluding tert-OH is 1. The average molecular weight is 315 g/mol. The number of anilines is 1. The maximum atomic E-state index is 9.48. The van der Waals surface area contributed by atoms with Gasteiger partial charge in [0.05, 0.1) is 6.61 Å². The van der Waals surface area contributed by atoms with E-state index >= 15 is 0 Å². The Balaban J connectivity index is 3.06. The number of nitrogens with zero attached hydrogens (tertiary/aromatic N) is 2. The number of hydrogen-bond donors (Lipinski definition) is 1. The van der Waals surface area contributed by atoms with Gasteiger partial charge in [0, 0.05) is 28.8 Å². The summed E-state index contributed by atoms with van der Waals surface area (Å²) < 4.78 is 0.912. The molecule has 1 N–H and O–H groups in total. The highest BCUT2D eigenvalue weighted by Crippen LogP contribution is 2.25. The maximum Gasteiger partial charge on any atom is 0.134 e. The summed E-state index contributed by atoms with van der Waals surface area (Å²) in [4.78, 5) is 6.80. The van der Waals surface area contributed by atoms with Gasteiger partial charge in [-0.15, -0.1) is 0 Å². The molecule has 0 saturated heterocycles. The van der Waals surface area contributed by atoms with E-state index in [1.54, 1.807) is 6.20 Å². The second kappa shape index (κ2) is 7.74. The van der Waals surface area contributed by atoms with Crippen LogP contribution in [0.2, 0.25) is 0 Å². The maximum absolute atomic E-state index is 9.48. The average Bonchev–Trinajstić information content (AvgIpc) is 2.39. The molecule has 1 unspecified atom stereocenters. The molecule has 1 aromatic rings. The van der Waals surface area contributed by atoms with Crippen molar-refractivity contribution in [2.24, 2.45) is 0 Å². The quantitative estimate of drug-likeness (QED) is 0.833. The minimum Gasteiger partial charge on any atom is -0.392 e. The first kappa shape index (κ1) is 15.4. The molecule has 102 valence electrons. The van der Waals surface area contributed by atoms with Crippen LogP contribution in [-0.2, 0) is 6.61 Å². The summed E-state index contributed by atoms with van der Waals surface area (Å²) in [5.74, 6) is 0.920. The van der Waals surface area contributed by atoms with Crippen LogP contribution in [0.25, 0.3) is 0 Å². The van der Waals surface area contributed by atoms with Gasteiger partial charge in [-0.05, 0) is 41.8 Å². The molecule has 1 rings (SSSR count). The van der Waals surface area contributed by atoms with Crippen LogP contribution in [0, 0.1) is 0 Å². The molecule has 0 radical (unpaired) electrons. The zero-order valence-corrected chi connectivity index (χ0v) is 13.1. The van der Waals surface area contributed by atoms with Gasteiger partial charge in [-0.3, -0.25) is 0 Å². The Hall–Kier alpha value is -0.610. The summed E-state index contributed by atoms with van der Waals surface area (Å²) in [6.07, 6.45) is 5.23. The lowest BCUT2D eigenvalue weighted by Gasteiger charge is -2.32. The van der Waals surface area contributed by atoms with E-state index in [-0.39, 0.29) is 6.61 Å². The SMILES string of the molecule is CCCC(CC)N(CC)c1ncc(Br)cc1CO. The Morgan fingerprint density at radius 2 is 2.11 bits per heavy atom. The molecule has 0 aromatic carbocycles. The van der Waals surface area contributed by atoms with Crippen LogP contribution >= 0.6 is 15.9 Å². The summed E-state index contributed by atoms with van der Waals surface area (Å²) in [6, 6.07) is 2.45. The minimum atomic E-state index is 0.0286. The van der Waals surface area contributed by atoms with E-state index in [2.05, 4.69) is 46.6 Å². The fraction of sp³-hybridized carbons (Fsp3) is 0.643. The van der Waals surface area contributed by atoms with Crippen molar-refractivity contribution in [3.8, 4) is 0 Å². The third-order valence-corrected chi connectivity index (χ3v) is 3.66. The Bertz CT molecular complexity index is 371. The molecule has 0 amide bonds. The molecule has 0 aliphatic heterocycles. The van der Waals surface area contributed by atoms with Gasteiger partial charge < -0.3 is 10.0 Å². The van der Waals surface area contributed by atoms with Crippen LogP contribution in [0.3, 0.4) is 0 Å². The normalized spacial score (nSPS) is 12.5. The fourth-order valence-electron chi connectivity index (χ4n) is 2.34. The van der Waals surface area contributed by atoms with E-state index in [1.807, 2.05) is 6.07 Å². The fourth-order valence-corrected chi connectivity index (χ4v) is 2.72. The first-order chi connectivity index (χ1) is 8.67. The van der Waals surface area contributed by atoms with Crippen molar-refractivity contribution in [1.29, 1.82) is 0 Å². The molecule has 3 nitrogen and oxygen atoms in total. The van der Waals surface area contributed by atoms with Gasteiger partial charge in [0.15, 0.2) is 0 Å². The zero-order valence-electron chi connectivity index (χ0n) is 11.5. The number of halogens is 1. The van der Waals surface area contributed by atoms with E-state index in [0.29, 0.717) is 6.04 Å². The number of hydrogen-bond acceptors (Lipinski definition) is 3. The summed E-state index contributed by atoms with van der Waals surface area (Å²) in [7, 11) is 0. The largest absolute Gasteiger partial charge is 0.392 e. The van der Waals surface area contributed by atoms with Crippen molar-refractivity contribution in [2.75, 3.05) is 11.4 Å². The standard InChI is InChI=1S/C14H23BrN2O/c1-4-7-13(5-2)17(6-3)14-11(10-18)8-12(15)9-16-14/h8-9,13,18H,4-7,10H2,1-3H3. The highest BCUT2D eigenvalue weighted by molar-refractivity contribution is 9.10. The zero-order chi connectivity index (χ0) is 13.5. The Morgan fingerprint density at radius 1 is 1.39 bits per heavy atom. The van der Waals surface area contributed by atoms with Gasteiger partial charge in [-0.1, -0.05) is 20.3 Å². The minimum absolute atomic E-state index is 0.0286. The molecular weight excluding hydrogens is 292 g/mol. The van der Waals surface area contributed by atoms with E-state index in [0.717, 1.165) is 35.2 Å². The van der Waals surface area contributed by atoms with E-state index in [1.165, 1.54) is 6.42 Å². The summed E-state index contributed by atoms with van der Waals surface area (Å²) in [5.41, 5.74) is 0.890. The van der Waals surface area contributed by atoms with E-state index in [9.17, 15) is 5.11 Å². The molecule has 18 heavy (non-hydrogen) atoms. The second-order valence-electron chi connectivity index (χ2n) is 4.43. The van der Waals surface area contributed by atoms with Gasteiger partial charge in [0.25, 0.3) is 0 Å². The van der Waals surface area contributed by atoms with Crippen LogP contribution < -0.4 is 4.90 Å². The number of pyridine rings is 1. The molecule has 0 fully saturated rings. The van der Waals surface area contributed by atoms with Gasteiger partial charge in [0.1, 0.15) is 5.82 Å². The van der Waals surface area contributed by atoms with Crippen LogP contribution in [-0.4, -0.2) is 22.7 Å². The first-order valence-corrected chi connectivity index (χ1v) is 7.49. The number of aliphatic hydroxyl groups is 1. The topological polar surface area (TPSA) is 36.4 Å². The highest BCUT2D eigenvalue weighted by atomic mass is 79.9. The molecule has 4 heteroatoms. The molecule has 1 aromatic heterocycles. The van der Waals surface area contributed by atoms with E-state index < -0.39 is 0 Å². The number of rotatable bonds is 7. The molecule has 1 atom stereocenters. The molecule has 0 spiro atoms. The van der Waals surface area contributed by atoms with Crippen LogP contribution in [0.5, 0.6) is 0 Å². The van der Waals surface area contributed by atoms with Crippen molar-refractivity contribution in [1.82, 2.24) is 4.98 Å². The van der Waals surface area contributed by atoms with Gasteiger partial charge in [-0.2, -0.15) is 0 Å². The predicted molar refractivity (Wildman–Crippen MR) is 79.9 cm³/mol. The van der Waals surface area contributed by atoms with Crippen molar-refractivity contribution in [3.63, 3.8) is 0 Å². The lowest BCUT2D eigenvalue weighted by molar-refractivity contribution is 0.281. The lowest BCUT2D eigenvalue weighted by Crippen LogP contribution is -2.36. The van der Waals surface area contributed by atoms with Crippen molar-refractivity contribution in [2.45, 2.75) is 52.7 Å². The second-order valence-corrected chi connectivity index (χ2v) is 5.35. The Morgan fingerprint density at radius 3 is 2.61 bits per heavy atom. The molecule has 0 aliphatic rings. The number of aromatic nitrogens is 1. The highest BCUT2D eigenvalue weighted by Gasteiger charge is 2.19. The molecule has 0 saturated carbocycles. The molecule has 1 heterocycles. The van der Waals surface area contributed by atoms with Crippen LogP contribution in [0.1, 0.15) is 45.6 Å². The molecular formula is C14H23BrN2O. The Labute approximate surface area is 118 Å². The lowest BCUT2D eigenvalue weighted by atomic mass is 10.1. The third-order valence-electron chi connectivity index (χ3n) is 3.23. The van der Waals surface area contributed by atoms with Crippen molar-refractivity contribution >= 4 is 21.7 Å². The monoisotopic (exact) mass is 314 g/mol. The Kier molecular flexibility index (Phi) is 6.65. The molecule has 0 aliphatic carbocycles. The summed E-state index contributed by atoms with van der Waals surface area (Å²) in [5, 5.41) is 9.48. The summed E-state index contributed by atoms with van der Waals surface area (Å²) >= 11 is 3.40. The summed E-state index contributed by atoms with van der Waals surface area (Å²) in [6.45, 7) is 7.50. The predicted octanol–water partition coefficient (Wildman–Crippen LogP) is 3.74. The third kappa shape index (κ3) is 3.69. The van der Waals surface area contributed by atoms with Crippen LogP contribution in [0.4, 0.5) is 5.82 Å².